The zero-order valence-electron chi connectivity index (χ0n) is 12.8. The van der Waals surface area contributed by atoms with Crippen molar-refractivity contribution in [2.75, 3.05) is 25.0 Å². The fourth-order valence-electron chi connectivity index (χ4n) is 2.65. The Labute approximate surface area is 120 Å². The maximum atomic E-state index is 12.3. The van der Waals surface area contributed by atoms with Crippen molar-refractivity contribution in [3.05, 3.63) is 24.0 Å². The number of nitrogens with zero attached hydrogens (tertiary/aromatic N) is 3. The lowest BCUT2D eigenvalue weighted by atomic mass is 9.97. The zero-order valence-corrected chi connectivity index (χ0v) is 12.8. The van der Waals surface area contributed by atoms with Gasteiger partial charge in [0.1, 0.15) is 5.54 Å². The van der Waals surface area contributed by atoms with Crippen LogP contribution in [-0.2, 0) is 4.79 Å². The summed E-state index contributed by atoms with van der Waals surface area (Å²) in [5.74, 6) is 0.137. The van der Waals surface area contributed by atoms with E-state index in [1.165, 1.54) is 0 Å². The number of hydrogen-bond donors (Lipinski definition) is 1. The van der Waals surface area contributed by atoms with E-state index < -0.39 is 5.54 Å². The largest absolute Gasteiger partial charge is 0.354 e. The van der Waals surface area contributed by atoms with Gasteiger partial charge in [0, 0.05) is 26.2 Å². The minimum absolute atomic E-state index is 0.0221. The number of rotatable bonds is 3. The van der Waals surface area contributed by atoms with Crippen molar-refractivity contribution in [2.24, 2.45) is 5.73 Å². The highest BCUT2D eigenvalue weighted by molar-refractivity contribution is 5.90. The van der Waals surface area contributed by atoms with Gasteiger partial charge in [0.15, 0.2) is 0 Å². The number of piperazine rings is 1. The number of aromatic nitrogens is 1. The molecule has 2 rings (SSSR count). The molecule has 0 radical (unpaired) electrons. The summed E-state index contributed by atoms with van der Waals surface area (Å²) < 4.78 is 0. The van der Waals surface area contributed by atoms with Crippen LogP contribution >= 0.6 is 0 Å². The van der Waals surface area contributed by atoms with Crippen LogP contribution < -0.4 is 10.6 Å². The van der Waals surface area contributed by atoms with Crippen molar-refractivity contribution in [1.29, 1.82) is 0 Å². The van der Waals surface area contributed by atoms with Crippen LogP contribution in [0.5, 0.6) is 0 Å². The van der Waals surface area contributed by atoms with Gasteiger partial charge in [-0.2, -0.15) is 0 Å². The van der Waals surface area contributed by atoms with E-state index in [1.807, 2.05) is 46.1 Å². The number of pyridine rings is 1. The first-order valence-electron chi connectivity index (χ1n) is 7.12. The molecule has 0 aliphatic carbocycles. The van der Waals surface area contributed by atoms with Gasteiger partial charge in [-0.05, 0) is 32.4 Å². The predicted molar refractivity (Wildman–Crippen MR) is 80.5 cm³/mol. The van der Waals surface area contributed by atoms with E-state index in [-0.39, 0.29) is 11.9 Å². The number of carbonyl (C=O) groups excluding carboxylic acids is 1. The summed E-state index contributed by atoms with van der Waals surface area (Å²) in [4.78, 5) is 20.6. The highest BCUT2D eigenvalue weighted by atomic mass is 16.2. The Morgan fingerprint density at radius 3 is 2.65 bits per heavy atom. The van der Waals surface area contributed by atoms with E-state index in [2.05, 4.69) is 9.88 Å². The molecule has 0 unspecified atom stereocenters. The summed E-state index contributed by atoms with van der Waals surface area (Å²) in [6.45, 7) is 7.50. The van der Waals surface area contributed by atoms with Crippen molar-refractivity contribution < 1.29 is 4.79 Å². The first-order chi connectivity index (χ1) is 9.37. The molecule has 2 heterocycles. The normalized spacial score (nSPS) is 20.1. The quantitative estimate of drug-likeness (QED) is 0.910. The van der Waals surface area contributed by atoms with Gasteiger partial charge in [0.25, 0.3) is 0 Å². The zero-order chi connectivity index (χ0) is 14.9. The molecule has 1 atom stereocenters. The molecule has 1 aliphatic rings. The third-order valence-corrected chi connectivity index (χ3v) is 4.11. The van der Waals surface area contributed by atoms with E-state index in [4.69, 9.17) is 5.73 Å². The Balaban J connectivity index is 2.25. The summed E-state index contributed by atoms with van der Waals surface area (Å²) in [7, 11) is 1.85. The van der Waals surface area contributed by atoms with Gasteiger partial charge in [0.05, 0.1) is 17.6 Å². The number of amides is 1. The Morgan fingerprint density at radius 2 is 2.10 bits per heavy atom. The van der Waals surface area contributed by atoms with Gasteiger partial charge >= 0.3 is 0 Å². The van der Waals surface area contributed by atoms with Crippen LogP contribution in [0.1, 0.15) is 38.9 Å². The standard InChI is InChI=1S/C15H24N4O/c1-5-12(16)13-7-6-11(10-17-13)19-9-8-18(4)14(20)15(19,2)3/h6-7,10,12H,5,8-9,16H2,1-4H3/t12-/m0/s1. The van der Waals surface area contributed by atoms with Crippen LogP contribution in [-0.4, -0.2) is 41.5 Å². The lowest BCUT2D eigenvalue weighted by molar-refractivity contribution is -0.136. The van der Waals surface area contributed by atoms with Gasteiger partial charge in [0.2, 0.25) is 5.91 Å². The SMILES string of the molecule is CC[C@H](N)c1ccc(N2CCN(C)C(=O)C2(C)C)cn1. The molecule has 2 N–H and O–H groups in total. The molecule has 1 fully saturated rings. The fraction of sp³-hybridized carbons (Fsp3) is 0.600. The first kappa shape index (κ1) is 14.8. The molecule has 0 aromatic carbocycles. The minimum atomic E-state index is -0.539. The highest BCUT2D eigenvalue weighted by Crippen LogP contribution is 2.28. The van der Waals surface area contributed by atoms with Gasteiger partial charge in [-0.3, -0.25) is 9.78 Å². The molecule has 1 aromatic rings. The summed E-state index contributed by atoms with van der Waals surface area (Å²) in [6, 6.07) is 3.95. The second-order valence-corrected chi connectivity index (χ2v) is 5.89. The smallest absolute Gasteiger partial charge is 0.247 e. The maximum absolute atomic E-state index is 12.3. The highest BCUT2D eigenvalue weighted by Gasteiger charge is 2.40. The molecule has 110 valence electrons. The minimum Gasteiger partial charge on any atom is -0.354 e. The molecule has 0 spiro atoms. The Hall–Kier alpha value is -1.62. The maximum Gasteiger partial charge on any atom is 0.247 e. The molecule has 20 heavy (non-hydrogen) atoms. The van der Waals surface area contributed by atoms with E-state index in [0.717, 1.165) is 30.9 Å². The topological polar surface area (TPSA) is 62.5 Å². The predicted octanol–water partition coefficient (Wildman–Crippen LogP) is 1.55. The number of likely N-dealkylation sites (N-methyl/N-ethyl adjacent to an activating group) is 1. The summed E-state index contributed by atoms with van der Waals surface area (Å²) in [5.41, 5.74) is 7.31. The second-order valence-electron chi connectivity index (χ2n) is 5.89. The van der Waals surface area contributed by atoms with Crippen LogP contribution in [0.25, 0.3) is 0 Å². The lowest BCUT2D eigenvalue weighted by Crippen LogP contribution is -2.62. The molecule has 1 aromatic heterocycles. The Kier molecular flexibility index (Phi) is 3.99. The molecule has 1 aliphatic heterocycles. The molecule has 0 bridgehead atoms. The molecule has 1 amide bonds. The van der Waals surface area contributed by atoms with Gasteiger partial charge in [-0.15, -0.1) is 0 Å². The Morgan fingerprint density at radius 1 is 1.40 bits per heavy atom. The van der Waals surface area contributed by atoms with Crippen LogP contribution in [0.2, 0.25) is 0 Å². The summed E-state index contributed by atoms with van der Waals surface area (Å²) in [5, 5.41) is 0. The summed E-state index contributed by atoms with van der Waals surface area (Å²) >= 11 is 0. The van der Waals surface area contributed by atoms with Gasteiger partial charge < -0.3 is 15.5 Å². The summed E-state index contributed by atoms with van der Waals surface area (Å²) in [6.07, 6.45) is 2.69. The van der Waals surface area contributed by atoms with Crippen LogP contribution in [0.15, 0.2) is 18.3 Å². The molecule has 0 saturated carbocycles. The van der Waals surface area contributed by atoms with Gasteiger partial charge in [-0.1, -0.05) is 6.92 Å². The monoisotopic (exact) mass is 276 g/mol. The fourth-order valence-corrected chi connectivity index (χ4v) is 2.65. The molecule has 5 heteroatoms. The number of hydrogen-bond acceptors (Lipinski definition) is 4. The van der Waals surface area contributed by atoms with E-state index in [0.29, 0.717) is 0 Å². The Bertz CT molecular complexity index is 483. The number of anilines is 1. The van der Waals surface area contributed by atoms with Crippen molar-refractivity contribution in [3.8, 4) is 0 Å². The van der Waals surface area contributed by atoms with Gasteiger partial charge in [-0.25, -0.2) is 0 Å². The van der Waals surface area contributed by atoms with E-state index in [9.17, 15) is 4.79 Å². The molecule has 1 saturated heterocycles. The third-order valence-electron chi connectivity index (χ3n) is 4.11. The van der Waals surface area contributed by atoms with Crippen molar-refractivity contribution in [1.82, 2.24) is 9.88 Å². The average Bonchev–Trinajstić information content (AvgIpc) is 2.44. The molecule has 5 nitrogen and oxygen atoms in total. The molecular weight excluding hydrogens is 252 g/mol. The van der Waals surface area contributed by atoms with Crippen LogP contribution in [0.3, 0.4) is 0 Å². The van der Waals surface area contributed by atoms with Crippen LogP contribution in [0, 0.1) is 0 Å². The van der Waals surface area contributed by atoms with Crippen molar-refractivity contribution in [2.45, 2.75) is 38.8 Å². The second kappa shape index (κ2) is 5.40. The molecular formula is C15H24N4O. The average molecular weight is 276 g/mol. The number of carbonyl (C=O) groups is 1. The lowest BCUT2D eigenvalue weighted by Gasteiger charge is -2.46. The first-order valence-corrected chi connectivity index (χ1v) is 7.12. The van der Waals surface area contributed by atoms with E-state index in [1.54, 1.807) is 4.90 Å². The third kappa shape index (κ3) is 2.50. The van der Waals surface area contributed by atoms with E-state index >= 15 is 0 Å². The number of nitrogens with two attached hydrogens (primary N) is 1. The van der Waals surface area contributed by atoms with Crippen LogP contribution in [0.4, 0.5) is 5.69 Å². The van der Waals surface area contributed by atoms with Crippen molar-refractivity contribution >= 4 is 11.6 Å². The van der Waals surface area contributed by atoms with Crippen molar-refractivity contribution in [3.63, 3.8) is 0 Å².